The van der Waals surface area contributed by atoms with Crippen LogP contribution in [0.3, 0.4) is 0 Å². The van der Waals surface area contributed by atoms with Crippen molar-refractivity contribution in [2.75, 3.05) is 0 Å². The van der Waals surface area contributed by atoms with Gasteiger partial charge in [-0.2, -0.15) is 5.10 Å². The molecule has 0 bridgehead atoms. The molecule has 21 heavy (non-hydrogen) atoms. The normalized spacial score (nSPS) is 13.7. The summed E-state index contributed by atoms with van der Waals surface area (Å²) in [6.07, 6.45) is 5.79. The van der Waals surface area contributed by atoms with Crippen LogP contribution >= 0.6 is 0 Å². The SMILES string of the molecule is NC(=O)c1c[nH]c(C(=O)NCc2n[nH]c3c2CCCC3)c1. The van der Waals surface area contributed by atoms with E-state index in [-0.39, 0.29) is 11.5 Å². The molecule has 0 saturated heterocycles. The fourth-order valence-electron chi connectivity index (χ4n) is 2.62. The molecular formula is C14H17N5O2. The Hall–Kier alpha value is -2.57. The average molecular weight is 287 g/mol. The van der Waals surface area contributed by atoms with Crippen LogP contribution in [-0.2, 0) is 19.4 Å². The average Bonchev–Trinajstić information content (AvgIpc) is 3.12. The van der Waals surface area contributed by atoms with Gasteiger partial charge >= 0.3 is 0 Å². The molecule has 3 rings (SSSR count). The number of H-pyrrole nitrogens is 2. The zero-order valence-corrected chi connectivity index (χ0v) is 11.5. The van der Waals surface area contributed by atoms with Crippen molar-refractivity contribution >= 4 is 11.8 Å². The molecule has 1 aliphatic carbocycles. The molecule has 0 atom stereocenters. The summed E-state index contributed by atoms with van der Waals surface area (Å²) in [5.74, 6) is -0.846. The highest BCUT2D eigenvalue weighted by atomic mass is 16.2. The zero-order chi connectivity index (χ0) is 14.8. The minimum Gasteiger partial charge on any atom is -0.366 e. The van der Waals surface area contributed by atoms with E-state index in [9.17, 15) is 9.59 Å². The largest absolute Gasteiger partial charge is 0.366 e. The van der Waals surface area contributed by atoms with Crippen molar-refractivity contribution in [3.8, 4) is 0 Å². The Bertz CT molecular complexity index is 685. The van der Waals surface area contributed by atoms with Crippen LogP contribution in [0.15, 0.2) is 12.3 Å². The number of aryl methyl sites for hydroxylation is 1. The number of nitrogens with zero attached hydrogens (tertiary/aromatic N) is 1. The number of amides is 2. The fraction of sp³-hybridized carbons (Fsp3) is 0.357. The van der Waals surface area contributed by atoms with Gasteiger partial charge in [-0.05, 0) is 37.3 Å². The van der Waals surface area contributed by atoms with Gasteiger partial charge in [-0.1, -0.05) is 0 Å². The third-order valence-electron chi connectivity index (χ3n) is 3.77. The maximum Gasteiger partial charge on any atom is 0.268 e. The molecular weight excluding hydrogens is 270 g/mol. The van der Waals surface area contributed by atoms with Gasteiger partial charge in [0.05, 0.1) is 17.8 Å². The third kappa shape index (κ3) is 2.67. The van der Waals surface area contributed by atoms with E-state index in [1.54, 1.807) is 0 Å². The summed E-state index contributed by atoms with van der Waals surface area (Å²) in [7, 11) is 0. The van der Waals surface area contributed by atoms with Gasteiger partial charge in [0.15, 0.2) is 0 Å². The predicted molar refractivity (Wildman–Crippen MR) is 75.7 cm³/mol. The van der Waals surface area contributed by atoms with E-state index in [0.29, 0.717) is 12.2 Å². The van der Waals surface area contributed by atoms with Gasteiger partial charge < -0.3 is 16.0 Å². The van der Waals surface area contributed by atoms with Gasteiger partial charge in [0, 0.05) is 11.9 Å². The molecule has 2 amide bonds. The molecule has 0 radical (unpaired) electrons. The van der Waals surface area contributed by atoms with Crippen LogP contribution < -0.4 is 11.1 Å². The number of hydrogen-bond donors (Lipinski definition) is 4. The van der Waals surface area contributed by atoms with E-state index in [4.69, 9.17) is 5.73 Å². The van der Waals surface area contributed by atoms with Crippen molar-refractivity contribution in [1.82, 2.24) is 20.5 Å². The molecule has 7 heteroatoms. The summed E-state index contributed by atoms with van der Waals surface area (Å²) in [5.41, 5.74) is 9.05. The Morgan fingerprint density at radius 2 is 2.14 bits per heavy atom. The predicted octanol–water partition coefficient (Wildman–Crippen LogP) is 0.645. The Labute approximate surface area is 121 Å². The molecule has 2 heterocycles. The fourth-order valence-corrected chi connectivity index (χ4v) is 2.62. The van der Waals surface area contributed by atoms with Crippen LogP contribution in [0.5, 0.6) is 0 Å². The lowest BCUT2D eigenvalue weighted by Crippen LogP contribution is -2.24. The highest BCUT2D eigenvalue weighted by molar-refractivity contribution is 5.98. The Morgan fingerprint density at radius 3 is 2.90 bits per heavy atom. The number of carbonyl (C=O) groups excluding carboxylic acids is 2. The molecule has 7 nitrogen and oxygen atoms in total. The molecule has 0 unspecified atom stereocenters. The van der Waals surface area contributed by atoms with Gasteiger partial charge in [0.2, 0.25) is 5.91 Å². The van der Waals surface area contributed by atoms with Gasteiger partial charge in [0.25, 0.3) is 5.91 Å². The van der Waals surface area contributed by atoms with Crippen LogP contribution in [-0.4, -0.2) is 27.0 Å². The second-order valence-corrected chi connectivity index (χ2v) is 5.18. The molecule has 1 aliphatic rings. The summed E-state index contributed by atoms with van der Waals surface area (Å²) in [5, 5.41) is 10.1. The first-order valence-corrected chi connectivity index (χ1v) is 6.96. The molecule has 0 spiro atoms. The Morgan fingerprint density at radius 1 is 1.33 bits per heavy atom. The molecule has 2 aromatic heterocycles. The zero-order valence-electron chi connectivity index (χ0n) is 11.5. The van der Waals surface area contributed by atoms with E-state index in [2.05, 4.69) is 20.5 Å². The van der Waals surface area contributed by atoms with E-state index < -0.39 is 5.91 Å². The summed E-state index contributed by atoms with van der Waals surface area (Å²) in [4.78, 5) is 25.7. The van der Waals surface area contributed by atoms with Gasteiger partial charge in [-0.25, -0.2) is 0 Å². The van der Waals surface area contributed by atoms with Crippen molar-refractivity contribution in [3.05, 3.63) is 40.5 Å². The van der Waals surface area contributed by atoms with Gasteiger partial charge in [-0.3, -0.25) is 14.7 Å². The lowest BCUT2D eigenvalue weighted by atomic mass is 9.96. The van der Waals surface area contributed by atoms with E-state index in [0.717, 1.165) is 25.0 Å². The number of fused-ring (bicyclic) bond motifs is 1. The van der Waals surface area contributed by atoms with Gasteiger partial charge in [-0.15, -0.1) is 0 Å². The minimum absolute atomic E-state index is 0.282. The van der Waals surface area contributed by atoms with Crippen molar-refractivity contribution < 1.29 is 9.59 Å². The van der Waals surface area contributed by atoms with Crippen molar-refractivity contribution in [1.29, 1.82) is 0 Å². The van der Waals surface area contributed by atoms with Crippen molar-refractivity contribution in [2.24, 2.45) is 5.73 Å². The van der Waals surface area contributed by atoms with Crippen LogP contribution in [0.25, 0.3) is 0 Å². The van der Waals surface area contributed by atoms with Crippen LogP contribution in [0.2, 0.25) is 0 Å². The molecule has 0 fully saturated rings. The first-order chi connectivity index (χ1) is 10.1. The topological polar surface area (TPSA) is 117 Å². The number of hydrogen-bond acceptors (Lipinski definition) is 3. The lowest BCUT2D eigenvalue weighted by Gasteiger charge is -2.11. The summed E-state index contributed by atoms with van der Waals surface area (Å²) < 4.78 is 0. The van der Waals surface area contributed by atoms with Crippen molar-refractivity contribution in [3.63, 3.8) is 0 Å². The van der Waals surface area contributed by atoms with E-state index in [1.165, 1.54) is 29.9 Å². The van der Waals surface area contributed by atoms with Crippen molar-refractivity contribution in [2.45, 2.75) is 32.2 Å². The summed E-state index contributed by atoms with van der Waals surface area (Å²) in [6, 6.07) is 1.44. The maximum atomic E-state index is 12.0. The Kier molecular flexibility index (Phi) is 3.47. The van der Waals surface area contributed by atoms with Crippen LogP contribution in [0, 0.1) is 0 Å². The highest BCUT2D eigenvalue weighted by Gasteiger charge is 2.17. The van der Waals surface area contributed by atoms with Gasteiger partial charge in [0.1, 0.15) is 5.69 Å². The molecule has 0 aliphatic heterocycles. The summed E-state index contributed by atoms with van der Waals surface area (Å²) in [6.45, 7) is 0.371. The lowest BCUT2D eigenvalue weighted by molar-refractivity contribution is 0.0945. The standard InChI is InChI=1S/C14H17N5O2/c15-13(20)8-5-11(16-6-8)14(21)17-7-12-9-3-1-2-4-10(9)18-19-12/h5-6,16H,1-4,7H2,(H2,15,20)(H,17,21)(H,18,19). The molecule has 2 aromatic rings. The minimum atomic E-state index is -0.563. The highest BCUT2D eigenvalue weighted by Crippen LogP contribution is 2.21. The molecule has 110 valence electrons. The number of nitrogens with two attached hydrogens (primary N) is 1. The molecule has 5 N–H and O–H groups in total. The Balaban J connectivity index is 1.65. The van der Waals surface area contributed by atoms with E-state index >= 15 is 0 Å². The number of rotatable bonds is 4. The molecule has 0 aromatic carbocycles. The first kappa shape index (κ1) is 13.4. The monoisotopic (exact) mass is 287 g/mol. The number of aromatic nitrogens is 3. The summed E-state index contributed by atoms with van der Waals surface area (Å²) >= 11 is 0. The van der Waals surface area contributed by atoms with Crippen LogP contribution in [0.4, 0.5) is 0 Å². The van der Waals surface area contributed by atoms with E-state index in [1.807, 2.05) is 0 Å². The number of nitrogens with one attached hydrogen (secondary N) is 3. The number of primary amides is 1. The second-order valence-electron chi connectivity index (χ2n) is 5.18. The third-order valence-corrected chi connectivity index (χ3v) is 3.77. The number of aromatic amines is 2. The maximum absolute atomic E-state index is 12.0. The number of carbonyl (C=O) groups is 2. The molecule has 0 saturated carbocycles. The first-order valence-electron chi connectivity index (χ1n) is 6.96. The smallest absolute Gasteiger partial charge is 0.268 e. The van der Waals surface area contributed by atoms with Crippen LogP contribution in [0.1, 0.15) is 50.6 Å². The second kappa shape index (κ2) is 5.43. The quantitative estimate of drug-likeness (QED) is 0.661.